The Balaban J connectivity index is 1.44. The number of aromatic nitrogens is 3. The van der Waals surface area contributed by atoms with Crippen LogP contribution in [-0.4, -0.2) is 32.5 Å². The molecule has 2 aromatic heterocycles. The summed E-state index contributed by atoms with van der Waals surface area (Å²) in [6, 6.07) is 17.6. The largest absolute Gasteiger partial charge is 0.295 e. The third-order valence-electron chi connectivity index (χ3n) is 5.29. The molecule has 0 saturated carbocycles. The molecule has 1 aliphatic heterocycles. The van der Waals surface area contributed by atoms with E-state index in [-0.39, 0.29) is 0 Å². The topological polar surface area (TPSA) is 34.0 Å². The van der Waals surface area contributed by atoms with Gasteiger partial charge in [0.25, 0.3) is 0 Å². The molecular weight excluding hydrogens is 320 g/mol. The molecule has 0 N–H and O–H groups in total. The maximum absolute atomic E-state index is 4.96. The van der Waals surface area contributed by atoms with Crippen LogP contribution in [0.4, 0.5) is 0 Å². The number of imidazole rings is 1. The average molecular weight is 346 g/mol. The number of benzene rings is 1. The van der Waals surface area contributed by atoms with Crippen molar-refractivity contribution in [1.82, 2.24) is 19.4 Å². The first-order valence-electron chi connectivity index (χ1n) is 9.56. The molecule has 0 radical (unpaired) electrons. The van der Waals surface area contributed by atoms with E-state index in [0.717, 1.165) is 24.6 Å². The molecular formula is C22H26N4. The van der Waals surface area contributed by atoms with Crippen LogP contribution in [0.25, 0.3) is 5.82 Å². The minimum atomic E-state index is 0.439. The summed E-state index contributed by atoms with van der Waals surface area (Å²) in [5, 5.41) is 0. The predicted molar refractivity (Wildman–Crippen MR) is 104 cm³/mol. The van der Waals surface area contributed by atoms with Gasteiger partial charge in [-0.15, -0.1) is 0 Å². The van der Waals surface area contributed by atoms with Crippen molar-refractivity contribution in [3.63, 3.8) is 0 Å². The maximum atomic E-state index is 4.96. The van der Waals surface area contributed by atoms with Crippen LogP contribution >= 0.6 is 0 Å². The number of rotatable bonds is 6. The Morgan fingerprint density at radius 3 is 2.77 bits per heavy atom. The lowest BCUT2D eigenvalue weighted by Gasteiger charge is -2.24. The van der Waals surface area contributed by atoms with Crippen molar-refractivity contribution >= 4 is 0 Å². The van der Waals surface area contributed by atoms with E-state index in [2.05, 4.69) is 63.0 Å². The fourth-order valence-corrected chi connectivity index (χ4v) is 3.94. The summed E-state index contributed by atoms with van der Waals surface area (Å²) in [6.45, 7) is 4.32. The number of nitrogens with zero attached hydrogens (tertiary/aromatic N) is 4. The van der Waals surface area contributed by atoms with Gasteiger partial charge in [-0.2, -0.15) is 0 Å². The van der Waals surface area contributed by atoms with Crippen LogP contribution in [0.2, 0.25) is 0 Å². The zero-order valence-electron chi connectivity index (χ0n) is 15.4. The summed E-state index contributed by atoms with van der Waals surface area (Å²) in [7, 11) is 0. The molecule has 4 nitrogen and oxygen atoms in total. The zero-order valence-corrected chi connectivity index (χ0v) is 15.4. The molecule has 1 aromatic carbocycles. The second-order valence-corrected chi connectivity index (χ2v) is 7.05. The summed E-state index contributed by atoms with van der Waals surface area (Å²) in [4.78, 5) is 11.9. The molecule has 0 spiro atoms. The summed E-state index contributed by atoms with van der Waals surface area (Å²) in [5.41, 5.74) is 2.62. The third kappa shape index (κ3) is 3.70. The van der Waals surface area contributed by atoms with Crippen molar-refractivity contribution < 1.29 is 0 Å². The molecule has 1 atom stereocenters. The summed E-state index contributed by atoms with van der Waals surface area (Å²) < 4.78 is 2.05. The second kappa shape index (κ2) is 7.83. The minimum absolute atomic E-state index is 0.439. The molecule has 0 aliphatic carbocycles. The molecule has 1 aliphatic rings. The molecule has 1 fully saturated rings. The van der Waals surface area contributed by atoms with Crippen molar-refractivity contribution in [3.8, 4) is 5.82 Å². The molecule has 0 bridgehead atoms. The standard InChI is InChI=1S/C22H26N4/c1-18-23-14-17-26(18)22-13-5-11-20(24-22)21-12-7-16-25(21)15-6-10-19-8-3-2-4-9-19/h2-5,8-9,11,13-14,17,21H,6-7,10,12,15-16H2,1H3/t21-/m0/s1. The van der Waals surface area contributed by atoms with Gasteiger partial charge in [0, 0.05) is 12.4 Å². The van der Waals surface area contributed by atoms with Crippen LogP contribution in [0.5, 0.6) is 0 Å². The van der Waals surface area contributed by atoms with E-state index in [0.29, 0.717) is 6.04 Å². The van der Waals surface area contributed by atoms with E-state index in [4.69, 9.17) is 4.98 Å². The van der Waals surface area contributed by atoms with Crippen LogP contribution in [0.3, 0.4) is 0 Å². The maximum Gasteiger partial charge on any atom is 0.138 e. The number of hydrogen-bond acceptors (Lipinski definition) is 3. The Morgan fingerprint density at radius 1 is 1.08 bits per heavy atom. The van der Waals surface area contributed by atoms with Crippen molar-refractivity contribution in [2.45, 2.75) is 38.6 Å². The first kappa shape index (κ1) is 17.0. The van der Waals surface area contributed by atoms with Gasteiger partial charge >= 0.3 is 0 Å². The first-order valence-corrected chi connectivity index (χ1v) is 9.56. The number of pyridine rings is 1. The Morgan fingerprint density at radius 2 is 1.96 bits per heavy atom. The normalized spacial score (nSPS) is 17.7. The van der Waals surface area contributed by atoms with E-state index < -0.39 is 0 Å². The predicted octanol–water partition coefficient (Wildman–Crippen LogP) is 4.35. The van der Waals surface area contributed by atoms with Crippen LogP contribution < -0.4 is 0 Å². The Bertz CT molecular complexity index is 840. The molecule has 4 heteroatoms. The first-order chi connectivity index (χ1) is 12.8. The molecule has 4 rings (SSSR count). The quantitative estimate of drug-likeness (QED) is 0.665. The van der Waals surface area contributed by atoms with Crippen molar-refractivity contribution in [2.75, 3.05) is 13.1 Å². The lowest BCUT2D eigenvalue weighted by Crippen LogP contribution is -2.25. The highest BCUT2D eigenvalue weighted by Gasteiger charge is 2.26. The SMILES string of the molecule is Cc1nccn1-c1cccc([C@@H]2CCCN2CCCc2ccccc2)n1. The van der Waals surface area contributed by atoms with E-state index >= 15 is 0 Å². The molecule has 0 amide bonds. The molecule has 3 aromatic rings. The van der Waals surface area contributed by atoms with E-state index in [1.54, 1.807) is 0 Å². The third-order valence-corrected chi connectivity index (χ3v) is 5.29. The Labute approximate surface area is 155 Å². The van der Waals surface area contributed by atoms with Crippen LogP contribution in [0.1, 0.15) is 42.4 Å². The fourth-order valence-electron chi connectivity index (χ4n) is 3.94. The molecule has 3 heterocycles. The lowest BCUT2D eigenvalue weighted by atomic mass is 10.1. The molecule has 26 heavy (non-hydrogen) atoms. The van der Waals surface area contributed by atoms with Crippen LogP contribution in [0.15, 0.2) is 60.9 Å². The monoisotopic (exact) mass is 346 g/mol. The van der Waals surface area contributed by atoms with E-state index in [1.165, 1.54) is 37.1 Å². The summed E-state index contributed by atoms with van der Waals surface area (Å²) >= 11 is 0. The van der Waals surface area contributed by atoms with E-state index in [9.17, 15) is 0 Å². The van der Waals surface area contributed by atoms with Gasteiger partial charge in [0.15, 0.2) is 0 Å². The zero-order chi connectivity index (χ0) is 17.8. The van der Waals surface area contributed by atoms with Crippen molar-refractivity contribution in [2.24, 2.45) is 0 Å². The van der Waals surface area contributed by atoms with Crippen molar-refractivity contribution in [3.05, 3.63) is 78.0 Å². The highest BCUT2D eigenvalue weighted by atomic mass is 15.2. The van der Waals surface area contributed by atoms with Gasteiger partial charge in [-0.3, -0.25) is 9.47 Å². The highest BCUT2D eigenvalue weighted by Crippen LogP contribution is 2.31. The smallest absolute Gasteiger partial charge is 0.138 e. The molecule has 134 valence electrons. The minimum Gasteiger partial charge on any atom is -0.295 e. The van der Waals surface area contributed by atoms with Crippen molar-refractivity contribution in [1.29, 1.82) is 0 Å². The van der Waals surface area contributed by atoms with Crippen LogP contribution in [-0.2, 0) is 6.42 Å². The number of likely N-dealkylation sites (tertiary alicyclic amines) is 1. The van der Waals surface area contributed by atoms with E-state index in [1.807, 2.05) is 19.3 Å². The Hall–Kier alpha value is -2.46. The highest BCUT2D eigenvalue weighted by molar-refractivity contribution is 5.28. The Kier molecular flexibility index (Phi) is 5.12. The molecule has 0 unspecified atom stereocenters. The van der Waals surface area contributed by atoms with Gasteiger partial charge in [-0.1, -0.05) is 36.4 Å². The van der Waals surface area contributed by atoms with Gasteiger partial charge in [0.1, 0.15) is 11.6 Å². The van der Waals surface area contributed by atoms with Gasteiger partial charge in [0.2, 0.25) is 0 Å². The molecule has 1 saturated heterocycles. The summed E-state index contributed by atoms with van der Waals surface area (Å²) in [5.74, 6) is 1.94. The second-order valence-electron chi connectivity index (χ2n) is 7.05. The van der Waals surface area contributed by atoms with Gasteiger partial charge in [-0.05, 0) is 63.4 Å². The van der Waals surface area contributed by atoms with Gasteiger partial charge in [0.05, 0.1) is 11.7 Å². The van der Waals surface area contributed by atoms with Gasteiger partial charge < -0.3 is 0 Å². The lowest BCUT2D eigenvalue weighted by molar-refractivity contribution is 0.250. The van der Waals surface area contributed by atoms with Crippen LogP contribution in [0, 0.1) is 6.92 Å². The summed E-state index contributed by atoms with van der Waals surface area (Å²) in [6.07, 6.45) is 8.60. The number of hydrogen-bond donors (Lipinski definition) is 0. The fraction of sp³-hybridized carbons (Fsp3) is 0.364. The van der Waals surface area contributed by atoms with Gasteiger partial charge in [-0.25, -0.2) is 9.97 Å². The average Bonchev–Trinajstić information content (AvgIpc) is 3.32. The number of aryl methyl sites for hydroxylation is 2.